The first kappa shape index (κ1) is 15.0. The van der Waals surface area contributed by atoms with Crippen molar-refractivity contribution in [2.45, 2.75) is 6.92 Å². The van der Waals surface area contributed by atoms with Gasteiger partial charge in [-0.1, -0.05) is 30.7 Å². The van der Waals surface area contributed by atoms with Gasteiger partial charge < -0.3 is 0 Å². The summed E-state index contributed by atoms with van der Waals surface area (Å²) in [5, 5.41) is 2.52. The van der Waals surface area contributed by atoms with E-state index in [0.717, 1.165) is 5.69 Å². The van der Waals surface area contributed by atoms with Crippen molar-refractivity contribution in [1.82, 2.24) is 9.13 Å². The second-order valence-electron chi connectivity index (χ2n) is 5.43. The summed E-state index contributed by atoms with van der Waals surface area (Å²) >= 11 is 0. The van der Waals surface area contributed by atoms with E-state index in [2.05, 4.69) is 90.1 Å². The predicted molar refractivity (Wildman–Crippen MR) is 87.7 cm³/mol. The molecule has 1 radical (unpaired) electrons. The Bertz CT molecular complexity index is 970. The second kappa shape index (κ2) is 5.68. The van der Waals surface area contributed by atoms with E-state index in [1.165, 1.54) is 27.4 Å². The van der Waals surface area contributed by atoms with E-state index in [1.807, 2.05) is 0 Å². The SMILES string of the molecule is Cc1c(-n2[cH+]n(C)c3ccccc32)[c-]cc2ccccc12.[Ir]. The van der Waals surface area contributed by atoms with Crippen LogP contribution >= 0.6 is 0 Å². The average molecular weight is 465 g/mol. The van der Waals surface area contributed by atoms with E-state index in [0.29, 0.717) is 0 Å². The van der Waals surface area contributed by atoms with Gasteiger partial charge in [0.15, 0.2) is 17.4 Å². The number of para-hydroxylation sites is 2. The quantitative estimate of drug-likeness (QED) is 0.367. The zero-order valence-electron chi connectivity index (χ0n) is 12.5. The molecule has 0 saturated heterocycles. The molecule has 0 aliphatic carbocycles. The fourth-order valence-electron chi connectivity index (χ4n) is 3.04. The van der Waals surface area contributed by atoms with Crippen LogP contribution in [0.4, 0.5) is 0 Å². The van der Waals surface area contributed by atoms with Crippen LogP contribution in [0, 0.1) is 13.0 Å². The van der Waals surface area contributed by atoms with E-state index in [4.69, 9.17) is 0 Å². The second-order valence-corrected chi connectivity index (χ2v) is 5.43. The third-order valence-electron chi connectivity index (χ3n) is 4.14. The van der Waals surface area contributed by atoms with E-state index in [9.17, 15) is 0 Å². The Balaban J connectivity index is 0.00000144. The van der Waals surface area contributed by atoms with E-state index in [-0.39, 0.29) is 20.1 Å². The van der Waals surface area contributed by atoms with Gasteiger partial charge in [0, 0.05) is 45.0 Å². The molecule has 0 saturated carbocycles. The molecular weight excluding hydrogens is 448 g/mol. The fourth-order valence-corrected chi connectivity index (χ4v) is 3.04. The molecule has 4 rings (SSSR count). The van der Waals surface area contributed by atoms with Crippen molar-refractivity contribution in [1.29, 1.82) is 0 Å². The summed E-state index contributed by atoms with van der Waals surface area (Å²) in [6, 6.07) is 22.4. The monoisotopic (exact) mass is 465 g/mol. The van der Waals surface area contributed by atoms with Crippen LogP contribution in [0.3, 0.4) is 0 Å². The fraction of sp³-hybridized carbons (Fsp3) is 0.105. The van der Waals surface area contributed by atoms with Crippen molar-refractivity contribution in [3.63, 3.8) is 0 Å². The molecule has 3 heteroatoms. The molecule has 1 aromatic heterocycles. The van der Waals surface area contributed by atoms with Crippen LogP contribution in [-0.2, 0) is 27.2 Å². The minimum atomic E-state index is 0. The number of aryl methyl sites for hydroxylation is 2. The van der Waals surface area contributed by atoms with Gasteiger partial charge in [-0.25, -0.2) is 4.57 Å². The maximum absolute atomic E-state index is 3.45. The van der Waals surface area contributed by atoms with Gasteiger partial charge in [0.25, 0.3) is 0 Å². The topological polar surface area (TPSA) is 9.86 Å². The van der Waals surface area contributed by atoms with Crippen molar-refractivity contribution < 1.29 is 20.1 Å². The van der Waals surface area contributed by atoms with Crippen molar-refractivity contribution in [3.8, 4) is 5.69 Å². The number of imidazole rings is 1. The molecule has 0 N–H and O–H groups in total. The van der Waals surface area contributed by atoms with Crippen molar-refractivity contribution in [3.05, 3.63) is 72.6 Å². The van der Waals surface area contributed by atoms with E-state index in [1.54, 1.807) is 0 Å². The number of fused-ring (bicyclic) bond motifs is 2. The van der Waals surface area contributed by atoms with Gasteiger partial charge in [0.2, 0.25) is 0 Å². The number of rotatable bonds is 1. The normalized spacial score (nSPS) is 10.8. The standard InChI is InChI=1S/C19H16N2.Ir/c1-14-16-8-4-3-7-15(16)11-12-17(14)21-13-20(2)18-9-5-6-10-19(18)21;/h3-11,13H,1-2H3;. The van der Waals surface area contributed by atoms with Crippen LogP contribution < -0.4 is 0 Å². The zero-order chi connectivity index (χ0) is 14.4. The van der Waals surface area contributed by atoms with Crippen LogP contribution in [0.25, 0.3) is 27.5 Å². The Labute approximate surface area is 143 Å². The molecule has 22 heavy (non-hydrogen) atoms. The van der Waals surface area contributed by atoms with Gasteiger partial charge in [-0.2, -0.15) is 10.6 Å². The van der Waals surface area contributed by atoms with Crippen molar-refractivity contribution in [2.75, 3.05) is 0 Å². The molecule has 2 nitrogen and oxygen atoms in total. The summed E-state index contributed by atoms with van der Waals surface area (Å²) in [5.41, 5.74) is 4.80. The number of aromatic nitrogens is 2. The molecule has 0 fully saturated rings. The summed E-state index contributed by atoms with van der Waals surface area (Å²) in [5.74, 6) is 0. The average Bonchev–Trinajstić information content (AvgIpc) is 2.86. The summed E-state index contributed by atoms with van der Waals surface area (Å²) in [7, 11) is 2.08. The summed E-state index contributed by atoms with van der Waals surface area (Å²) in [6.45, 7) is 2.17. The minimum Gasteiger partial charge on any atom is -0.248 e. The number of hydrogen-bond donors (Lipinski definition) is 0. The van der Waals surface area contributed by atoms with Crippen LogP contribution in [-0.4, -0.2) is 9.13 Å². The van der Waals surface area contributed by atoms with Gasteiger partial charge in [-0.05, 0) is 12.1 Å². The predicted octanol–water partition coefficient (Wildman–Crippen LogP) is 4.51. The zero-order valence-corrected chi connectivity index (χ0v) is 14.9. The molecule has 0 spiro atoms. The van der Waals surface area contributed by atoms with E-state index >= 15 is 0 Å². The molecule has 0 aliphatic heterocycles. The summed E-state index contributed by atoms with van der Waals surface area (Å²) < 4.78 is 4.37. The van der Waals surface area contributed by atoms with Crippen LogP contribution in [0.5, 0.6) is 0 Å². The molecule has 3 aromatic carbocycles. The van der Waals surface area contributed by atoms with Crippen molar-refractivity contribution in [2.24, 2.45) is 7.05 Å². The first-order valence-corrected chi connectivity index (χ1v) is 7.12. The van der Waals surface area contributed by atoms with Crippen molar-refractivity contribution >= 4 is 21.8 Å². The third-order valence-corrected chi connectivity index (χ3v) is 4.14. The molecular formula is C19H16IrN2. The first-order valence-electron chi connectivity index (χ1n) is 7.12. The van der Waals surface area contributed by atoms with Gasteiger partial charge in [0.1, 0.15) is 0 Å². The molecule has 0 aliphatic rings. The summed E-state index contributed by atoms with van der Waals surface area (Å²) in [6.07, 6.45) is 2.12. The molecule has 4 aromatic rings. The third kappa shape index (κ3) is 2.18. The van der Waals surface area contributed by atoms with Crippen LogP contribution in [0.1, 0.15) is 5.56 Å². The molecule has 1 heterocycles. The Hall–Kier alpha value is -1.96. The molecule has 0 unspecified atom stereocenters. The summed E-state index contributed by atoms with van der Waals surface area (Å²) in [4.78, 5) is 0. The van der Waals surface area contributed by atoms with Crippen LogP contribution in [0.2, 0.25) is 0 Å². The first-order chi connectivity index (χ1) is 10.3. The Morgan fingerprint density at radius 2 is 1.64 bits per heavy atom. The van der Waals surface area contributed by atoms with Crippen LogP contribution in [0.15, 0.2) is 60.9 Å². The Morgan fingerprint density at radius 3 is 2.45 bits per heavy atom. The molecule has 0 bridgehead atoms. The smallest absolute Gasteiger partial charge is 0.188 e. The maximum Gasteiger partial charge on any atom is 0.188 e. The number of nitrogens with zero attached hydrogens (tertiary/aromatic N) is 2. The van der Waals surface area contributed by atoms with E-state index < -0.39 is 0 Å². The number of hydrogen-bond acceptors (Lipinski definition) is 0. The largest absolute Gasteiger partial charge is 0.248 e. The Morgan fingerprint density at radius 1 is 0.955 bits per heavy atom. The molecule has 0 atom stereocenters. The number of benzene rings is 3. The molecule has 111 valence electrons. The van der Waals surface area contributed by atoms with Gasteiger partial charge in [0.05, 0.1) is 0 Å². The maximum atomic E-state index is 3.45. The molecule has 0 amide bonds. The minimum absolute atomic E-state index is 0. The van der Waals surface area contributed by atoms with Gasteiger partial charge >= 0.3 is 0 Å². The Kier molecular flexibility index (Phi) is 3.86. The van der Waals surface area contributed by atoms with Gasteiger partial charge in [-0.3, -0.25) is 0 Å². The van der Waals surface area contributed by atoms with Gasteiger partial charge in [-0.15, -0.1) is 22.9 Å².